The average molecular weight is 213 g/mol. The van der Waals surface area contributed by atoms with Gasteiger partial charge in [0.1, 0.15) is 6.10 Å². The molecular weight excluding hydrogens is 198 g/mol. The van der Waals surface area contributed by atoms with Gasteiger partial charge in [-0.05, 0) is 25.5 Å². The lowest BCUT2D eigenvalue weighted by molar-refractivity contribution is 0.167. The van der Waals surface area contributed by atoms with Crippen molar-refractivity contribution in [2.24, 2.45) is 0 Å². The fourth-order valence-electron chi connectivity index (χ4n) is 1.61. The Morgan fingerprint density at radius 1 is 1.79 bits per heavy atom. The number of oxazole rings is 1. The number of aromatic nitrogens is 1. The second-order valence-corrected chi connectivity index (χ2v) is 5.08. The zero-order valence-corrected chi connectivity index (χ0v) is 9.09. The lowest BCUT2D eigenvalue weighted by Gasteiger charge is -2.03. The van der Waals surface area contributed by atoms with Gasteiger partial charge in [-0.3, -0.25) is 0 Å². The summed E-state index contributed by atoms with van der Waals surface area (Å²) in [6.45, 7) is 1.69. The lowest BCUT2D eigenvalue weighted by Crippen LogP contribution is -2.01. The minimum atomic E-state index is -0.549. The first-order valence-corrected chi connectivity index (χ1v) is 6.05. The third-order valence-electron chi connectivity index (χ3n) is 2.41. The largest absolute Gasteiger partial charge is 0.443 e. The van der Waals surface area contributed by atoms with Crippen molar-refractivity contribution in [3.63, 3.8) is 0 Å². The molecule has 4 heteroatoms. The summed E-state index contributed by atoms with van der Waals surface area (Å²) in [5, 5.41) is 9.92. The standard InChI is InChI=1S/C10H15NO2S/c1-7(12)9-6-11-10(13-9)5-8-3-2-4-14-8/h6-8,12H,2-5H2,1H3. The molecule has 2 rings (SSSR count). The van der Waals surface area contributed by atoms with Crippen molar-refractivity contribution in [1.82, 2.24) is 4.98 Å². The van der Waals surface area contributed by atoms with Crippen LogP contribution in [0.5, 0.6) is 0 Å². The predicted octanol–water partition coefficient (Wildman–Crippen LogP) is 2.17. The van der Waals surface area contributed by atoms with Crippen LogP contribution in [0.1, 0.15) is 37.5 Å². The van der Waals surface area contributed by atoms with Gasteiger partial charge >= 0.3 is 0 Å². The minimum absolute atomic E-state index is 0.549. The topological polar surface area (TPSA) is 46.3 Å². The zero-order valence-electron chi connectivity index (χ0n) is 8.27. The third-order valence-corrected chi connectivity index (χ3v) is 3.81. The van der Waals surface area contributed by atoms with E-state index in [1.165, 1.54) is 18.6 Å². The number of thioether (sulfide) groups is 1. The molecule has 0 saturated carbocycles. The summed E-state index contributed by atoms with van der Waals surface area (Å²) in [7, 11) is 0. The first-order valence-electron chi connectivity index (χ1n) is 5.00. The van der Waals surface area contributed by atoms with Crippen molar-refractivity contribution >= 4 is 11.8 Å². The van der Waals surface area contributed by atoms with E-state index in [-0.39, 0.29) is 0 Å². The highest BCUT2D eigenvalue weighted by Crippen LogP contribution is 2.29. The molecule has 1 aliphatic heterocycles. The maximum absolute atomic E-state index is 9.26. The summed E-state index contributed by atoms with van der Waals surface area (Å²) in [4.78, 5) is 4.16. The van der Waals surface area contributed by atoms with Crippen LogP contribution in [0.4, 0.5) is 0 Å². The number of rotatable bonds is 3. The summed E-state index contributed by atoms with van der Waals surface area (Å²) < 4.78 is 5.43. The molecule has 3 nitrogen and oxygen atoms in total. The Balaban J connectivity index is 1.95. The van der Waals surface area contributed by atoms with Crippen molar-refractivity contribution in [1.29, 1.82) is 0 Å². The van der Waals surface area contributed by atoms with Crippen molar-refractivity contribution < 1.29 is 9.52 Å². The van der Waals surface area contributed by atoms with Crippen LogP contribution in [0.25, 0.3) is 0 Å². The first-order chi connectivity index (χ1) is 6.75. The van der Waals surface area contributed by atoms with Gasteiger partial charge in [0, 0.05) is 11.7 Å². The van der Waals surface area contributed by atoms with E-state index in [2.05, 4.69) is 4.98 Å². The molecule has 0 aliphatic carbocycles. The quantitative estimate of drug-likeness (QED) is 0.835. The Morgan fingerprint density at radius 3 is 3.21 bits per heavy atom. The minimum Gasteiger partial charge on any atom is -0.443 e. The smallest absolute Gasteiger partial charge is 0.195 e. The van der Waals surface area contributed by atoms with Gasteiger partial charge in [-0.25, -0.2) is 4.98 Å². The van der Waals surface area contributed by atoms with Crippen LogP contribution >= 0.6 is 11.8 Å². The summed E-state index contributed by atoms with van der Waals surface area (Å²) in [6, 6.07) is 0. The average Bonchev–Trinajstić information content (AvgIpc) is 2.75. The van der Waals surface area contributed by atoms with Gasteiger partial charge in [0.2, 0.25) is 0 Å². The Bertz CT molecular complexity index is 292. The van der Waals surface area contributed by atoms with E-state index >= 15 is 0 Å². The van der Waals surface area contributed by atoms with Crippen molar-refractivity contribution in [3.05, 3.63) is 17.8 Å². The molecule has 1 N–H and O–H groups in total. The number of aliphatic hydroxyl groups excluding tert-OH is 1. The van der Waals surface area contributed by atoms with E-state index < -0.39 is 6.10 Å². The van der Waals surface area contributed by atoms with Crippen LogP contribution < -0.4 is 0 Å². The molecule has 1 fully saturated rings. The van der Waals surface area contributed by atoms with E-state index in [0.29, 0.717) is 11.0 Å². The van der Waals surface area contributed by atoms with E-state index in [9.17, 15) is 5.11 Å². The third kappa shape index (κ3) is 2.30. The number of hydrogen-bond acceptors (Lipinski definition) is 4. The normalized spacial score (nSPS) is 24.0. The second kappa shape index (κ2) is 4.36. The Labute approximate surface area is 87.9 Å². The molecular formula is C10H15NO2S. The van der Waals surface area contributed by atoms with Gasteiger partial charge in [-0.15, -0.1) is 0 Å². The van der Waals surface area contributed by atoms with Crippen LogP contribution in [0.3, 0.4) is 0 Å². The molecule has 2 heterocycles. The van der Waals surface area contributed by atoms with E-state index in [1.807, 2.05) is 11.8 Å². The van der Waals surface area contributed by atoms with Gasteiger partial charge in [0.05, 0.1) is 6.20 Å². The van der Waals surface area contributed by atoms with Crippen LogP contribution in [-0.2, 0) is 6.42 Å². The SMILES string of the molecule is CC(O)c1cnc(CC2CCCS2)o1. The molecule has 2 unspecified atom stereocenters. The van der Waals surface area contributed by atoms with Gasteiger partial charge in [-0.2, -0.15) is 11.8 Å². The maximum atomic E-state index is 9.26. The van der Waals surface area contributed by atoms with E-state index in [1.54, 1.807) is 13.1 Å². The molecule has 78 valence electrons. The molecule has 0 bridgehead atoms. The number of hydrogen-bond donors (Lipinski definition) is 1. The molecule has 0 aromatic carbocycles. The van der Waals surface area contributed by atoms with Crippen LogP contribution in [0, 0.1) is 0 Å². The molecule has 0 radical (unpaired) electrons. The van der Waals surface area contributed by atoms with Crippen LogP contribution in [0.2, 0.25) is 0 Å². The van der Waals surface area contributed by atoms with E-state index in [4.69, 9.17) is 4.42 Å². The zero-order chi connectivity index (χ0) is 9.97. The molecule has 1 aromatic rings. The molecule has 0 amide bonds. The van der Waals surface area contributed by atoms with Crippen molar-refractivity contribution in [2.45, 2.75) is 37.5 Å². The van der Waals surface area contributed by atoms with Gasteiger partial charge in [-0.1, -0.05) is 0 Å². The number of aliphatic hydroxyl groups is 1. The first kappa shape index (κ1) is 10.1. The fraction of sp³-hybridized carbons (Fsp3) is 0.700. The second-order valence-electron chi connectivity index (χ2n) is 3.67. The summed E-state index contributed by atoms with van der Waals surface area (Å²) in [6.07, 6.45) is 4.54. The fourth-order valence-corrected chi connectivity index (χ4v) is 2.87. The van der Waals surface area contributed by atoms with Crippen LogP contribution in [0.15, 0.2) is 10.6 Å². The Hall–Kier alpha value is -0.480. The predicted molar refractivity (Wildman–Crippen MR) is 56.3 cm³/mol. The molecule has 0 spiro atoms. The number of nitrogens with zero attached hydrogens (tertiary/aromatic N) is 1. The Kier molecular flexibility index (Phi) is 3.13. The highest BCUT2D eigenvalue weighted by molar-refractivity contribution is 8.00. The molecule has 1 aliphatic rings. The summed E-state index contributed by atoms with van der Waals surface area (Å²) in [5.74, 6) is 2.59. The molecule has 1 aromatic heterocycles. The van der Waals surface area contributed by atoms with Crippen molar-refractivity contribution in [3.8, 4) is 0 Å². The summed E-state index contributed by atoms with van der Waals surface area (Å²) in [5.41, 5.74) is 0. The van der Waals surface area contributed by atoms with Crippen LogP contribution in [-0.4, -0.2) is 21.1 Å². The highest BCUT2D eigenvalue weighted by Gasteiger charge is 2.19. The van der Waals surface area contributed by atoms with Gasteiger partial charge in [0.25, 0.3) is 0 Å². The summed E-state index contributed by atoms with van der Waals surface area (Å²) >= 11 is 1.99. The van der Waals surface area contributed by atoms with E-state index in [0.717, 1.165) is 12.3 Å². The molecule has 14 heavy (non-hydrogen) atoms. The molecule has 1 saturated heterocycles. The highest BCUT2D eigenvalue weighted by atomic mass is 32.2. The van der Waals surface area contributed by atoms with Crippen molar-refractivity contribution in [2.75, 3.05) is 5.75 Å². The maximum Gasteiger partial charge on any atom is 0.195 e. The lowest BCUT2D eigenvalue weighted by atomic mass is 10.2. The monoisotopic (exact) mass is 213 g/mol. The van der Waals surface area contributed by atoms with Gasteiger partial charge < -0.3 is 9.52 Å². The Morgan fingerprint density at radius 2 is 2.64 bits per heavy atom. The molecule has 2 atom stereocenters. The van der Waals surface area contributed by atoms with Gasteiger partial charge in [0.15, 0.2) is 11.7 Å².